The van der Waals surface area contributed by atoms with Gasteiger partial charge in [-0.25, -0.2) is 4.98 Å². The van der Waals surface area contributed by atoms with Gasteiger partial charge < -0.3 is 20.6 Å². The molecule has 3 rings (SSSR count). The van der Waals surface area contributed by atoms with Crippen molar-refractivity contribution in [3.63, 3.8) is 0 Å². The highest BCUT2D eigenvalue weighted by atomic mass is 16.5. The van der Waals surface area contributed by atoms with Gasteiger partial charge in [0.2, 0.25) is 0 Å². The van der Waals surface area contributed by atoms with Gasteiger partial charge in [-0.05, 0) is 18.6 Å². The van der Waals surface area contributed by atoms with Crippen molar-refractivity contribution in [2.45, 2.75) is 12.5 Å². The maximum absolute atomic E-state index is 8.99. The van der Waals surface area contributed by atoms with Gasteiger partial charge in [0.1, 0.15) is 5.82 Å². The Bertz CT molecular complexity index is 686. The first-order valence-electron chi connectivity index (χ1n) is 6.88. The minimum Gasteiger partial charge on any atom is -0.409 e. The highest BCUT2D eigenvalue weighted by Gasteiger charge is 2.24. The van der Waals surface area contributed by atoms with Crippen molar-refractivity contribution in [3.05, 3.63) is 35.9 Å². The molecule has 1 fully saturated rings. The summed E-state index contributed by atoms with van der Waals surface area (Å²) in [5.41, 5.74) is 7.33. The van der Waals surface area contributed by atoms with Gasteiger partial charge in [0, 0.05) is 31.1 Å². The zero-order valence-electron chi connectivity index (χ0n) is 11.9. The van der Waals surface area contributed by atoms with Crippen LogP contribution < -0.4 is 10.6 Å². The Balaban J connectivity index is 2.08. The van der Waals surface area contributed by atoms with Gasteiger partial charge >= 0.3 is 0 Å². The van der Waals surface area contributed by atoms with Crippen molar-refractivity contribution in [2.75, 3.05) is 25.1 Å². The first-order valence-corrected chi connectivity index (χ1v) is 6.88. The van der Waals surface area contributed by atoms with Gasteiger partial charge in [0.05, 0.1) is 11.6 Å². The number of hydrogen-bond acceptors (Lipinski definition) is 5. The highest BCUT2D eigenvalue weighted by molar-refractivity contribution is 6.08. The molecule has 0 aliphatic carbocycles. The third-order valence-corrected chi connectivity index (χ3v) is 3.89. The molecule has 110 valence electrons. The van der Waals surface area contributed by atoms with Crippen LogP contribution in [0.5, 0.6) is 0 Å². The molecule has 0 spiro atoms. The lowest BCUT2D eigenvalue weighted by Gasteiger charge is -2.19. The van der Waals surface area contributed by atoms with Gasteiger partial charge in [-0.3, -0.25) is 0 Å². The molecule has 0 bridgehead atoms. The first-order chi connectivity index (χ1) is 10.2. The number of amidine groups is 1. The summed E-state index contributed by atoms with van der Waals surface area (Å²) in [7, 11) is 1.73. The number of nitrogens with two attached hydrogens (primary N) is 1. The summed E-state index contributed by atoms with van der Waals surface area (Å²) < 4.78 is 5.39. The zero-order valence-corrected chi connectivity index (χ0v) is 11.9. The number of oxime groups is 1. The average Bonchev–Trinajstić information content (AvgIpc) is 3.02. The maximum Gasteiger partial charge on any atom is 0.170 e. The fourth-order valence-corrected chi connectivity index (χ4v) is 2.72. The second kappa shape index (κ2) is 5.57. The smallest absolute Gasteiger partial charge is 0.170 e. The molecule has 6 nitrogen and oxygen atoms in total. The monoisotopic (exact) mass is 286 g/mol. The summed E-state index contributed by atoms with van der Waals surface area (Å²) in [6, 6.07) is 9.56. The van der Waals surface area contributed by atoms with E-state index >= 15 is 0 Å². The Morgan fingerprint density at radius 1 is 1.48 bits per heavy atom. The Labute approximate surface area is 122 Å². The van der Waals surface area contributed by atoms with E-state index in [9.17, 15) is 0 Å². The Kier molecular flexibility index (Phi) is 3.62. The summed E-state index contributed by atoms with van der Waals surface area (Å²) in [6.07, 6.45) is 1.20. The zero-order chi connectivity index (χ0) is 14.8. The molecule has 21 heavy (non-hydrogen) atoms. The molecule has 1 unspecified atom stereocenters. The minimum atomic E-state index is 0.0948. The Morgan fingerprint density at radius 3 is 3.00 bits per heavy atom. The van der Waals surface area contributed by atoms with Crippen molar-refractivity contribution in [1.82, 2.24) is 4.98 Å². The van der Waals surface area contributed by atoms with Gasteiger partial charge in [0.15, 0.2) is 5.84 Å². The molecular weight excluding hydrogens is 268 g/mol. The van der Waals surface area contributed by atoms with Crippen LogP contribution in [0.25, 0.3) is 10.9 Å². The largest absolute Gasteiger partial charge is 0.409 e. The van der Waals surface area contributed by atoms with E-state index in [1.807, 2.05) is 30.3 Å². The first kappa shape index (κ1) is 13.6. The van der Waals surface area contributed by atoms with Crippen molar-refractivity contribution < 1.29 is 9.94 Å². The van der Waals surface area contributed by atoms with Crippen LogP contribution in [0.15, 0.2) is 35.5 Å². The number of rotatable bonds is 3. The third-order valence-electron chi connectivity index (χ3n) is 3.89. The third kappa shape index (κ3) is 2.50. The molecule has 0 amide bonds. The summed E-state index contributed by atoms with van der Waals surface area (Å²) in [6.45, 7) is 1.69. The maximum atomic E-state index is 8.99. The highest BCUT2D eigenvalue weighted by Crippen LogP contribution is 2.26. The number of pyridine rings is 1. The molecule has 3 N–H and O–H groups in total. The predicted octanol–water partition coefficient (Wildman–Crippen LogP) is 1.55. The second-order valence-corrected chi connectivity index (χ2v) is 5.12. The summed E-state index contributed by atoms with van der Waals surface area (Å²) in [4.78, 5) is 6.84. The molecular formula is C15H18N4O2. The van der Waals surface area contributed by atoms with Crippen LogP contribution in [0.1, 0.15) is 12.0 Å². The van der Waals surface area contributed by atoms with Gasteiger partial charge in [-0.2, -0.15) is 0 Å². The minimum absolute atomic E-state index is 0.0948. The molecule has 1 aliphatic heterocycles. The Hall–Kier alpha value is -2.34. The van der Waals surface area contributed by atoms with Crippen LogP contribution >= 0.6 is 0 Å². The van der Waals surface area contributed by atoms with Crippen LogP contribution in [0, 0.1) is 0 Å². The Morgan fingerprint density at radius 2 is 2.29 bits per heavy atom. The van der Waals surface area contributed by atoms with E-state index < -0.39 is 0 Å². The normalized spacial score (nSPS) is 19.4. The van der Waals surface area contributed by atoms with Crippen molar-refractivity contribution in [1.29, 1.82) is 0 Å². The summed E-state index contributed by atoms with van der Waals surface area (Å²) in [5, 5.41) is 13.0. The van der Waals surface area contributed by atoms with Crippen LogP contribution in [-0.2, 0) is 4.74 Å². The standard InChI is InChI=1S/C15H18N4O2/c1-21-10-6-7-19(9-10)14-8-12(15(16)18-20)11-4-2-3-5-13(11)17-14/h2-5,8,10,20H,6-7,9H2,1H3,(H2,16,18). The van der Waals surface area contributed by atoms with E-state index in [1.165, 1.54) is 0 Å². The lowest BCUT2D eigenvalue weighted by atomic mass is 10.1. The van der Waals surface area contributed by atoms with Gasteiger partial charge in [0.25, 0.3) is 0 Å². The molecule has 2 heterocycles. The number of fused-ring (bicyclic) bond motifs is 1. The van der Waals surface area contributed by atoms with Crippen molar-refractivity contribution >= 4 is 22.6 Å². The fourth-order valence-electron chi connectivity index (χ4n) is 2.72. The van der Waals surface area contributed by atoms with E-state index in [1.54, 1.807) is 7.11 Å². The fraction of sp³-hybridized carbons (Fsp3) is 0.333. The van der Waals surface area contributed by atoms with Crippen LogP contribution in [-0.4, -0.2) is 42.3 Å². The van der Waals surface area contributed by atoms with E-state index in [2.05, 4.69) is 15.0 Å². The van der Waals surface area contributed by atoms with E-state index in [-0.39, 0.29) is 11.9 Å². The molecule has 0 radical (unpaired) electrons. The summed E-state index contributed by atoms with van der Waals surface area (Å²) in [5.74, 6) is 0.923. The lowest BCUT2D eigenvalue weighted by molar-refractivity contribution is 0.121. The lowest BCUT2D eigenvalue weighted by Crippen LogP contribution is -2.24. The molecule has 1 saturated heterocycles. The van der Waals surface area contributed by atoms with E-state index in [0.29, 0.717) is 5.56 Å². The van der Waals surface area contributed by atoms with Crippen LogP contribution in [0.2, 0.25) is 0 Å². The number of nitrogens with zero attached hydrogens (tertiary/aromatic N) is 3. The quantitative estimate of drug-likeness (QED) is 0.387. The predicted molar refractivity (Wildman–Crippen MR) is 81.9 cm³/mol. The molecule has 1 aliphatic rings. The number of benzene rings is 1. The van der Waals surface area contributed by atoms with Crippen LogP contribution in [0.4, 0.5) is 5.82 Å². The number of hydrogen-bond donors (Lipinski definition) is 2. The summed E-state index contributed by atoms with van der Waals surface area (Å²) >= 11 is 0. The molecule has 2 aromatic rings. The number of anilines is 1. The molecule has 1 atom stereocenters. The molecule has 1 aromatic heterocycles. The SMILES string of the molecule is COC1CCN(c2cc(/C(N)=N/O)c3ccccc3n2)C1. The molecule has 1 aromatic carbocycles. The number of aromatic nitrogens is 1. The van der Waals surface area contributed by atoms with Gasteiger partial charge in [-0.1, -0.05) is 23.4 Å². The van der Waals surface area contributed by atoms with Crippen molar-refractivity contribution in [2.24, 2.45) is 10.9 Å². The second-order valence-electron chi connectivity index (χ2n) is 5.12. The topological polar surface area (TPSA) is 84.0 Å². The van der Waals surface area contributed by atoms with E-state index in [4.69, 9.17) is 15.7 Å². The average molecular weight is 286 g/mol. The van der Waals surface area contributed by atoms with Crippen molar-refractivity contribution in [3.8, 4) is 0 Å². The number of para-hydroxylation sites is 1. The number of ether oxygens (including phenoxy) is 1. The van der Waals surface area contributed by atoms with Crippen LogP contribution in [0.3, 0.4) is 0 Å². The molecule has 6 heteroatoms. The van der Waals surface area contributed by atoms with E-state index in [0.717, 1.165) is 36.2 Å². The number of methoxy groups -OCH3 is 1. The molecule has 0 saturated carbocycles. The van der Waals surface area contributed by atoms with Gasteiger partial charge in [-0.15, -0.1) is 0 Å².